The monoisotopic (exact) mass is 273 g/mol. The number of nitrogens with zero attached hydrogens (tertiary/aromatic N) is 3. The summed E-state index contributed by atoms with van der Waals surface area (Å²) >= 11 is 3.17. The molecule has 5 nitrogen and oxygen atoms in total. The average Bonchev–Trinajstić information content (AvgIpc) is 2.17. The van der Waals surface area contributed by atoms with E-state index in [4.69, 9.17) is 0 Å². The van der Waals surface area contributed by atoms with Crippen molar-refractivity contribution in [2.75, 3.05) is 18.5 Å². The molecule has 1 aromatic rings. The minimum Gasteiger partial charge on any atom is -0.354 e. The largest absolute Gasteiger partial charge is 0.354 e. The van der Waals surface area contributed by atoms with Crippen LogP contribution in [-0.2, 0) is 0 Å². The molecule has 0 radical (unpaired) electrons. The molecule has 1 aromatic heterocycles. The van der Waals surface area contributed by atoms with E-state index in [9.17, 15) is 10.1 Å². The number of hydrogen-bond acceptors (Lipinski definition) is 4. The van der Waals surface area contributed by atoms with Crippen molar-refractivity contribution in [2.24, 2.45) is 0 Å². The molecule has 15 heavy (non-hydrogen) atoms. The van der Waals surface area contributed by atoms with Crippen molar-refractivity contribution >= 4 is 27.4 Å². The van der Waals surface area contributed by atoms with Crippen molar-refractivity contribution in [1.82, 2.24) is 4.98 Å². The van der Waals surface area contributed by atoms with Crippen LogP contribution in [-0.4, -0.2) is 23.5 Å². The van der Waals surface area contributed by atoms with Gasteiger partial charge in [0.1, 0.15) is 0 Å². The van der Waals surface area contributed by atoms with Crippen LogP contribution in [0.25, 0.3) is 0 Å². The Morgan fingerprint density at radius 3 is 2.87 bits per heavy atom. The van der Waals surface area contributed by atoms with Gasteiger partial charge in [0.05, 0.1) is 4.92 Å². The summed E-state index contributed by atoms with van der Waals surface area (Å²) in [6.07, 6.45) is 2.49. The molecule has 0 N–H and O–H groups in total. The minimum atomic E-state index is -0.417. The normalized spacial score (nSPS) is 10.1. The standard InChI is InChI=1S/C9H12BrN3O2/c1-3-4-12(2)9-8(13(14)15)5-7(10)6-11-9/h5-6H,3-4H2,1-2H3. The maximum atomic E-state index is 10.8. The number of nitro groups is 1. The van der Waals surface area contributed by atoms with Crippen molar-refractivity contribution in [3.63, 3.8) is 0 Å². The van der Waals surface area contributed by atoms with Crippen LogP contribution in [0.1, 0.15) is 13.3 Å². The summed E-state index contributed by atoms with van der Waals surface area (Å²) in [4.78, 5) is 16.2. The third-order valence-electron chi connectivity index (χ3n) is 1.93. The van der Waals surface area contributed by atoms with E-state index in [0.29, 0.717) is 10.3 Å². The zero-order valence-electron chi connectivity index (χ0n) is 8.61. The molecule has 0 spiro atoms. The van der Waals surface area contributed by atoms with Gasteiger partial charge < -0.3 is 4.90 Å². The highest BCUT2D eigenvalue weighted by molar-refractivity contribution is 9.10. The first-order valence-electron chi connectivity index (χ1n) is 4.57. The van der Waals surface area contributed by atoms with E-state index in [0.717, 1.165) is 13.0 Å². The van der Waals surface area contributed by atoms with Crippen molar-refractivity contribution in [1.29, 1.82) is 0 Å². The molecule has 0 amide bonds. The van der Waals surface area contributed by atoms with Crippen LogP contribution in [0, 0.1) is 10.1 Å². The molecule has 0 aromatic carbocycles. The van der Waals surface area contributed by atoms with Crippen LogP contribution >= 0.6 is 15.9 Å². The van der Waals surface area contributed by atoms with Crippen LogP contribution in [0.15, 0.2) is 16.7 Å². The van der Waals surface area contributed by atoms with Crippen LogP contribution < -0.4 is 4.90 Å². The van der Waals surface area contributed by atoms with Gasteiger partial charge in [-0.05, 0) is 22.4 Å². The minimum absolute atomic E-state index is 0.0281. The lowest BCUT2D eigenvalue weighted by Gasteiger charge is -2.16. The van der Waals surface area contributed by atoms with Gasteiger partial charge in [0.25, 0.3) is 0 Å². The molecule has 0 aliphatic carbocycles. The molecule has 0 aliphatic heterocycles. The van der Waals surface area contributed by atoms with Gasteiger partial charge in [-0.3, -0.25) is 10.1 Å². The van der Waals surface area contributed by atoms with Crippen LogP contribution in [0.3, 0.4) is 0 Å². The fourth-order valence-corrected chi connectivity index (χ4v) is 1.61. The Kier molecular flexibility index (Phi) is 4.02. The number of halogens is 1. The predicted octanol–water partition coefficient (Wildman–Crippen LogP) is 2.60. The molecule has 0 unspecified atom stereocenters. The lowest BCUT2D eigenvalue weighted by Crippen LogP contribution is -2.20. The lowest BCUT2D eigenvalue weighted by molar-refractivity contribution is -0.384. The second-order valence-electron chi connectivity index (χ2n) is 3.17. The van der Waals surface area contributed by atoms with E-state index in [-0.39, 0.29) is 5.69 Å². The average molecular weight is 274 g/mol. The topological polar surface area (TPSA) is 59.3 Å². The SMILES string of the molecule is CCCN(C)c1ncc(Br)cc1[N+](=O)[O-]. The molecule has 6 heteroatoms. The first-order valence-corrected chi connectivity index (χ1v) is 5.36. The second-order valence-corrected chi connectivity index (χ2v) is 4.09. The first-order chi connectivity index (χ1) is 7.06. The fourth-order valence-electron chi connectivity index (χ4n) is 1.29. The zero-order valence-corrected chi connectivity index (χ0v) is 10.2. The molecule has 0 atom stereocenters. The molecule has 0 saturated heterocycles. The third-order valence-corrected chi connectivity index (χ3v) is 2.36. The number of pyridine rings is 1. The summed E-state index contributed by atoms with van der Waals surface area (Å²) in [5.74, 6) is 0.407. The van der Waals surface area contributed by atoms with Gasteiger partial charge in [-0.1, -0.05) is 6.92 Å². The summed E-state index contributed by atoms with van der Waals surface area (Å²) in [6, 6.07) is 1.47. The molecule has 0 fully saturated rings. The van der Waals surface area contributed by atoms with E-state index in [2.05, 4.69) is 20.9 Å². The van der Waals surface area contributed by atoms with Gasteiger partial charge in [0.2, 0.25) is 5.82 Å². The summed E-state index contributed by atoms with van der Waals surface area (Å²) in [7, 11) is 1.80. The van der Waals surface area contributed by atoms with Gasteiger partial charge in [-0.2, -0.15) is 0 Å². The second kappa shape index (κ2) is 5.06. The van der Waals surface area contributed by atoms with E-state index in [1.165, 1.54) is 6.07 Å². The Bertz CT molecular complexity index is 370. The molecular formula is C9H12BrN3O2. The smallest absolute Gasteiger partial charge is 0.312 e. The van der Waals surface area contributed by atoms with Gasteiger partial charge in [-0.25, -0.2) is 4.98 Å². The van der Waals surface area contributed by atoms with E-state index < -0.39 is 4.92 Å². The first kappa shape index (κ1) is 11.9. The number of hydrogen-bond donors (Lipinski definition) is 0. The van der Waals surface area contributed by atoms with Crippen molar-refractivity contribution < 1.29 is 4.92 Å². The Morgan fingerprint density at radius 1 is 1.67 bits per heavy atom. The summed E-state index contributed by atoms with van der Waals surface area (Å²) < 4.78 is 0.614. The maximum Gasteiger partial charge on any atom is 0.312 e. The van der Waals surface area contributed by atoms with Gasteiger partial charge in [0, 0.05) is 30.3 Å². The van der Waals surface area contributed by atoms with Crippen molar-refractivity contribution in [3.05, 3.63) is 26.9 Å². The number of anilines is 1. The van der Waals surface area contributed by atoms with Gasteiger partial charge in [0.15, 0.2) is 0 Å². The van der Waals surface area contributed by atoms with E-state index in [1.54, 1.807) is 18.1 Å². The maximum absolute atomic E-state index is 10.8. The predicted molar refractivity (Wildman–Crippen MR) is 62.2 cm³/mol. The fraction of sp³-hybridized carbons (Fsp3) is 0.444. The van der Waals surface area contributed by atoms with Crippen LogP contribution in [0.5, 0.6) is 0 Å². The Balaban J connectivity index is 3.10. The molecule has 1 heterocycles. The zero-order chi connectivity index (χ0) is 11.4. The van der Waals surface area contributed by atoms with Crippen molar-refractivity contribution in [2.45, 2.75) is 13.3 Å². The Morgan fingerprint density at radius 2 is 2.33 bits per heavy atom. The molecular weight excluding hydrogens is 262 g/mol. The van der Waals surface area contributed by atoms with Gasteiger partial charge in [-0.15, -0.1) is 0 Å². The molecule has 1 rings (SSSR count). The number of aromatic nitrogens is 1. The van der Waals surface area contributed by atoms with E-state index >= 15 is 0 Å². The highest BCUT2D eigenvalue weighted by Crippen LogP contribution is 2.27. The molecule has 0 aliphatic rings. The molecule has 82 valence electrons. The summed E-state index contributed by atoms with van der Waals surface area (Å²) in [5, 5.41) is 10.8. The van der Waals surface area contributed by atoms with Crippen LogP contribution in [0.2, 0.25) is 0 Å². The molecule has 0 bridgehead atoms. The quantitative estimate of drug-likeness (QED) is 0.625. The summed E-state index contributed by atoms with van der Waals surface area (Å²) in [5.41, 5.74) is 0.0281. The lowest BCUT2D eigenvalue weighted by atomic mass is 10.3. The van der Waals surface area contributed by atoms with Crippen molar-refractivity contribution in [3.8, 4) is 0 Å². The highest BCUT2D eigenvalue weighted by atomic mass is 79.9. The Hall–Kier alpha value is -1.17. The number of rotatable bonds is 4. The van der Waals surface area contributed by atoms with Gasteiger partial charge >= 0.3 is 5.69 Å². The highest BCUT2D eigenvalue weighted by Gasteiger charge is 2.18. The third kappa shape index (κ3) is 2.89. The Labute approximate surface area is 96.4 Å². The van der Waals surface area contributed by atoms with E-state index in [1.807, 2.05) is 6.92 Å². The molecule has 0 saturated carbocycles. The van der Waals surface area contributed by atoms with Crippen LogP contribution in [0.4, 0.5) is 11.5 Å². The summed E-state index contributed by atoms with van der Waals surface area (Å²) in [6.45, 7) is 2.76.